The maximum atomic E-state index is 2.96. The minimum absolute atomic E-state index is 0.665. The third kappa shape index (κ3) is 4.21. The monoisotopic (exact) mass is 317 g/mol. The van der Waals surface area contributed by atoms with Crippen LogP contribution in [0.1, 0.15) is 90.9 Å². The Bertz CT molecular complexity index is 373. The van der Waals surface area contributed by atoms with Crippen molar-refractivity contribution in [2.75, 3.05) is 13.1 Å². The molecule has 1 heteroatoms. The van der Waals surface area contributed by atoms with Crippen LogP contribution in [0.2, 0.25) is 0 Å². The van der Waals surface area contributed by atoms with Gasteiger partial charge in [0.05, 0.1) is 0 Å². The highest BCUT2D eigenvalue weighted by molar-refractivity contribution is 5.16. The minimum Gasteiger partial charge on any atom is -0.297 e. The van der Waals surface area contributed by atoms with E-state index in [0.717, 1.165) is 17.8 Å². The van der Waals surface area contributed by atoms with Gasteiger partial charge in [0, 0.05) is 5.54 Å². The second-order valence-corrected chi connectivity index (χ2v) is 8.95. The molecule has 3 fully saturated rings. The van der Waals surface area contributed by atoms with Gasteiger partial charge in [-0.25, -0.2) is 0 Å². The minimum atomic E-state index is 0.665. The Morgan fingerprint density at radius 3 is 2.43 bits per heavy atom. The van der Waals surface area contributed by atoms with Crippen LogP contribution in [0.4, 0.5) is 0 Å². The summed E-state index contributed by atoms with van der Waals surface area (Å²) in [5.41, 5.74) is 0.665. The van der Waals surface area contributed by atoms with E-state index in [0.29, 0.717) is 5.54 Å². The summed E-state index contributed by atoms with van der Waals surface area (Å²) in [6.45, 7) is 7.43. The summed E-state index contributed by atoms with van der Waals surface area (Å²) >= 11 is 0. The molecule has 2 aliphatic carbocycles. The number of nitrogens with zero attached hydrogens (tertiary/aromatic N) is 1. The van der Waals surface area contributed by atoms with Gasteiger partial charge >= 0.3 is 0 Å². The molecule has 0 aromatic carbocycles. The lowest BCUT2D eigenvalue weighted by Gasteiger charge is -2.40. The molecule has 23 heavy (non-hydrogen) atoms. The van der Waals surface area contributed by atoms with E-state index in [1.165, 1.54) is 90.1 Å². The van der Waals surface area contributed by atoms with E-state index in [9.17, 15) is 0 Å². The molecule has 0 unspecified atom stereocenters. The fourth-order valence-electron chi connectivity index (χ4n) is 5.54. The number of hydrogen-bond acceptors (Lipinski definition) is 1. The van der Waals surface area contributed by atoms with Gasteiger partial charge in [-0.1, -0.05) is 45.3 Å². The van der Waals surface area contributed by atoms with Gasteiger partial charge in [-0.05, 0) is 88.6 Å². The zero-order chi connectivity index (χ0) is 16.1. The Morgan fingerprint density at radius 1 is 1.00 bits per heavy atom. The van der Waals surface area contributed by atoms with Crippen LogP contribution in [0, 0.1) is 17.8 Å². The second-order valence-electron chi connectivity index (χ2n) is 8.95. The molecule has 0 radical (unpaired) electrons. The predicted octanol–water partition coefficient (Wildman–Crippen LogP) is 6.19. The third-order valence-electron chi connectivity index (χ3n) is 6.82. The highest BCUT2D eigenvalue weighted by Crippen LogP contribution is 2.60. The summed E-state index contributed by atoms with van der Waals surface area (Å²) in [4.78, 5) is 2.96. The van der Waals surface area contributed by atoms with E-state index >= 15 is 0 Å². The lowest BCUT2D eigenvalue weighted by atomic mass is 9.88. The van der Waals surface area contributed by atoms with Crippen molar-refractivity contribution in [3.63, 3.8) is 0 Å². The van der Waals surface area contributed by atoms with Gasteiger partial charge in [0.25, 0.3) is 0 Å². The van der Waals surface area contributed by atoms with Crippen molar-refractivity contribution in [2.24, 2.45) is 17.8 Å². The van der Waals surface area contributed by atoms with Gasteiger partial charge in [-0.15, -0.1) is 0 Å². The largest absolute Gasteiger partial charge is 0.297 e. The number of hydrogen-bond donors (Lipinski definition) is 0. The zero-order valence-corrected chi connectivity index (χ0v) is 15.7. The molecule has 1 aliphatic heterocycles. The average molecular weight is 318 g/mol. The Labute approximate surface area is 144 Å². The standard InChI is InChI=1S/C22H39N/c1-19(2)12-6-3-4-7-15-21-18-22(21,20-13-8-9-14-20)23-16-10-5-11-17-23/h3,6,19-21H,4-5,7-18H2,1-2H3/b6-3+/t21-,22+/m1/s1. The van der Waals surface area contributed by atoms with Crippen LogP contribution in [0.5, 0.6) is 0 Å². The van der Waals surface area contributed by atoms with Crippen LogP contribution in [-0.4, -0.2) is 23.5 Å². The molecule has 2 atom stereocenters. The molecule has 132 valence electrons. The number of allylic oxidation sites excluding steroid dienone is 2. The Balaban J connectivity index is 1.48. The van der Waals surface area contributed by atoms with Gasteiger partial charge in [-0.3, -0.25) is 4.90 Å². The summed E-state index contributed by atoms with van der Waals surface area (Å²) in [5.74, 6) is 2.88. The van der Waals surface area contributed by atoms with Crippen molar-refractivity contribution < 1.29 is 0 Å². The highest BCUT2D eigenvalue weighted by Gasteiger charge is 2.61. The van der Waals surface area contributed by atoms with E-state index in [1.807, 2.05) is 0 Å². The molecule has 3 rings (SSSR count). The highest BCUT2D eigenvalue weighted by atomic mass is 15.2. The van der Waals surface area contributed by atoms with Crippen LogP contribution in [0.25, 0.3) is 0 Å². The van der Waals surface area contributed by atoms with Gasteiger partial charge in [0.2, 0.25) is 0 Å². The first-order chi connectivity index (χ1) is 11.2. The number of unbranched alkanes of at least 4 members (excludes halogenated alkanes) is 1. The topological polar surface area (TPSA) is 3.24 Å². The summed E-state index contributed by atoms with van der Waals surface area (Å²) in [6, 6.07) is 0. The van der Waals surface area contributed by atoms with Gasteiger partial charge in [0.15, 0.2) is 0 Å². The third-order valence-corrected chi connectivity index (χ3v) is 6.82. The lowest BCUT2D eigenvalue weighted by Crippen LogP contribution is -2.46. The van der Waals surface area contributed by atoms with Crippen molar-refractivity contribution in [3.8, 4) is 0 Å². The Morgan fingerprint density at radius 2 is 1.74 bits per heavy atom. The van der Waals surface area contributed by atoms with Crippen LogP contribution < -0.4 is 0 Å². The Hall–Kier alpha value is -0.300. The molecule has 0 aromatic rings. The van der Waals surface area contributed by atoms with Crippen molar-refractivity contribution in [1.82, 2.24) is 4.90 Å². The molecule has 0 N–H and O–H groups in total. The molecule has 1 saturated heterocycles. The molecular weight excluding hydrogens is 278 g/mol. The molecule has 1 heterocycles. The fourth-order valence-corrected chi connectivity index (χ4v) is 5.54. The SMILES string of the molecule is CC(C)C/C=C/CCC[C@@H]1C[C@@]1(C1CCCC1)N1CCCCC1. The number of piperidine rings is 1. The lowest BCUT2D eigenvalue weighted by molar-refractivity contribution is 0.0831. The predicted molar refractivity (Wildman–Crippen MR) is 101 cm³/mol. The first kappa shape index (κ1) is 17.5. The fraction of sp³-hybridized carbons (Fsp3) is 0.909. The zero-order valence-electron chi connectivity index (χ0n) is 15.7. The molecule has 0 amide bonds. The molecule has 1 nitrogen and oxygen atoms in total. The van der Waals surface area contributed by atoms with E-state index in [1.54, 1.807) is 0 Å². The first-order valence-corrected chi connectivity index (χ1v) is 10.6. The van der Waals surface area contributed by atoms with Crippen molar-refractivity contribution >= 4 is 0 Å². The average Bonchev–Trinajstić information content (AvgIpc) is 3.02. The van der Waals surface area contributed by atoms with Crippen LogP contribution >= 0.6 is 0 Å². The van der Waals surface area contributed by atoms with Gasteiger partial charge in [-0.2, -0.15) is 0 Å². The van der Waals surface area contributed by atoms with Gasteiger partial charge in [0.1, 0.15) is 0 Å². The molecule has 0 spiro atoms. The van der Waals surface area contributed by atoms with E-state index in [-0.39, 0.29) is 0 Å². The second kappa shape index (κ2) is 8.19. The maximum Gasteiger partial charge on any atom is 0.0269 e. The van der Waals surface area contributed by atoms with Crippen LogP contribution in [-0.2, 0) is 0 Å². The first-order valence-electron chi connectivity index (χ1n) is 10.6. The molecular formula is C22H39N. The van der Waals surface area contributed by atoms with Crippen LogP contribution in [0.15, 0.2) is 12.2 Å². The van der Waals surface area contributed by atoms with Crippen molar-refractivity contribution in [2.45, 2.75) is 96.4 Å². The molecule has 2 saturated carbocycles. The van der Waals surface area contributed by atoms with Crippen molar-refractivity contribution in [1.29, 1.82) is 0 Å². The van der Waals surface area contributed by atoms with Crippen molar-refractivity contribution in [3.05, 3.63) is 12.2 Å². The van der Waals surface area contributed by atoms with Crippen LogP contribution in [0.3, 0.4) is 0 Å². The summed E-state index contributed by atoms with van der Waals surface area (Å²) in [5, 5.41) is 0. The van der Waals surface area contributed by atoms with E-state index < -0.39 is 0 Å². The maximum absolute atomic E-state index is 2.96. The summed E-state index contributed by atoms with van der Waals surface area (Å²) in [7, 11) is 0. The normalized spacial score (nSPS) is 33.1. The van der Waals surface area contributed by atoms with E-state index in [4.69, 9.17) is 0 Å². The van der Waals surface area contributed by atoms with E-state index in [2.05, 4.69) is 30.9 Å². The van der Waals surface area contributed by atoms with Gasteiger partial charge < -0.3 is 0 Å². The number of likely N-dealkylation sites (tertiary alicyclic amines) is 1. The molecule has 0 aromatic heterocycles. The Kier molecular flexibility index (Phi) is 6.24. The summed E-state index contributed by atoms with van der Waals surface area (Å²) in [6.07, 6.45) is 22.3. The quantitative estimate of drug-likeness (QED) is 0.381. The molecule has 0 bridgehead atoms. The number of rotatable bonds is 8. The smallest absolute Gasteiger partial charge is 0.0269 e. The summed E-state index contributed by atoms with van der Waals surface area (Å²) < 4.78 is 0. The molecule has 3 aliphatic rings.